The molecule has 0 fully saturated rings. The summed E-state index contributed by atoms with van der Waals surface area (Å²) in [5.74, 6) is 0.834. The van der Waals surface area contributed by atoms with Crippen molar-refractivity contribution in [3.63, 3.8) is 0 Å². The molecule has 0 saturated heterocycles. The van der Waals surface area contributed by atoms with Gasteiger partial charge in [0.1, 0.15) is 5.76 Å². The highest BCUT2D eigenvalue weighted by molar-refractivity contribution is 5.42. The van der Waals surface area contributed by atoms with Crippen LogP contribution in [0.2, 0.25) is 0 Å². The molecular weight excluding hydrogens is 238 g/mol. The van der Waals surface area contributed by atoms with E-state index in [1.54, 1.807) is 6.26 Å². The van der Waals surface area contributed by atoms with E-state index in [9.17, 15) is 5.11 Å². The zero-order valence-electron chi connectivity index (χ0n) is 11.0. The van der Waals surface area contributed by atoms with E-state index in [-0.39, 0.29) is 0 Å². The molecule has 2 aromatic rings. The van der Waals surface area contributed by atoms with E-state index in [1.165, 1.54) is 0 Å². The van der Waals surface area contributed by atoms with Gasteiger partial charge in [0.15, 0.2) is 0 Å². The van der Waals surface area contributed by atoms with Gasteiger partial charge in [-0.2, -0.15) is 0 Å². The smallest absolute Gasteiger partial charge is 0.126 e. The zero-order valence-corrected chi connectivity index (χ0v) is 11.0. The maximum Gasteiger partial charge on any atom is 0.126 e. The minimum absolute atomic E-state index is 0.475. The molecule has 0 aliphatic carbocycles. The van der Waals surface area contributed by atoms with Crippen LogP contribution in [-0.2, 0) is 0 Å². The molecule has 2 rings (SSSR count). The Labute approximate surface area is 113 Å². The molecule has 1 aromatic carbocycles. The Morgan fingerprint density at radius 3 is 2.95 bits per heavy atom. The Morgan fingerprint density at radius 2 is 2.21 bits per heavy atom. The minimum atomic E-state index is -0.475. The lowest BCUT2D eigenvalue weighted by atomic mass is 10.1. The van der Waals surface area contributed by atoms with Gasteiger partial charge in [-0.15, -0.1) is 0 Å². The average molecular weight is 257 g/mol. The summed E-state index contributed by atoms with van der Waals surface area (Å²) in [5, 5.41) is 13.2. The summed E-state index contributed by atoms with van der Waals surface area (Å²) in [6.45, 7) is 3.26. The van der Waals surface area contributed by atoms with E-state index in [0.717, 1.165) is 16.9 Å². The summed E-state index contributed by atoms with van der Waals surface area (Å²) in [7, 11) is 0. The van der Waals surface area contributed by atoms with Crippen LogP contribution in [0.3, 0.4) is 0 Å². The third-order valence-electron chi connectivity index (χ3n) is 2.85. The van der Waals surface area contributed by atoms with Crippen LogP contribution in [-0.4, -0.2) is 18.2 Å². The predicted octanol–water partition coefficient (Wildman–Crippen LogP) is 2.92. The summed E-state index contributed by atoms with van der Waals surface area (Å²) < 4.78 is 5.18. The first kappa shape index (κ1) is 13.6. The van der Waals surface area contributed by atoms with Gasteiger partial charge in [0.25, 0.3) is 0 Å². The van der Waals surface area contributed by atoms with Gasteiger partial charge in [0, 0.05) is 13.1 Å². The van der Waals surface area contributed by atoms with E-state index < -0.39 is 6.10 Å². The molecule has 19 heavy (non-hydrogen) atoms. The summed E-state index contributed by atoms with van der Waals surface area (Å²) >= 11 is 0. The largest absolute Gasteiger partial charge is 0.465 e. The quantitative estimate of drug-likeness (QED) is 0.782. The standard InChI is InChI=1S/C16H19NO2/c1-13-5-2-6-14(11-13)16(18)12-17-9-3-7-15-8-4-10-19-15/h2-8,10-11,16-18H,9,12H2,1H3/b7-3+. The van der Waals surface area contributed by atoms with Gasteiger partial charge in [0.2, 0.25) is 0 Å². The van der Waals surface area contributed by atoms with E-state index in [1.807, 2.05) is 55.5 Å². The molecular formula is C16H19NO2. The SMILES string of the molecule is Cc1cccc(C(O)CNC/C=C/c2ccco2)c1. The van der Waals surface area contributed by atoms with Gasteiger partial charge in [-0.1, -0.05) is 35.9 Å². The van der Waals surface area contributed by atoms with Crippen LogP contribution in [0.15, 0.2) is 53.2 Å². The fourth-order valence-corrected chi connectivity index (χ4v) is 1.86. The molecule has 1 unspecified atom stereocenters. The van der Waals surface area contributed by atoms with Gasteiger partial charge in [-0.05, 0) is 30.7 Å². The van der Waals surface area contributed by atoms with E-state index >= 15 is 0 Å². The number of aryl methyl sites for hydroxylation is 1. The second kappa shape index (κ2) is 6.92. The Kier molecular flexibility index (Phi) is 4.95. The molecule has 0 amide bonds. The molecule has 0 radical (unpaired) electrons. The number of aliphatic hydroxyl groups excluding tert-OH is 1. The van der Waals surface area contributed by atoms with Crippen LogP contribution in [0.1, 0.15) is 23.0 Å². The highest BCUT2D eigenvalue weighted by Crippen LogP contribution is 2.13. The Morgan fingerprint density at radius 1 is 1.32 bits per heavy atom. The molecule has 3 heteroatoms. The summed E-state index contributed by atoms with van der Waals surface area (Å²) in [6.07, 6.45) is 5.06. The van der Waals surface area contributed by atoms with Crippen LogP contribution in [0.4, 0.5) is 0 Å². The number of benzene rings is 1. The van der Waals surface area contributed by atoms with Crippen molar-refractivity contribution in [2.24, 2.45) is 0 Å². The van der Waals surface area contributed by atoms with Gasteiger partial charge >= 0.3 is 0 Å². The van der Waals surface area contributed by atoms with Crippen molar-refractivity contribution in [3.8, 4) is 0 Å². The molecule has 1 aromatic heterocycles. The second-order valence-corrected chi connectivity index (χ2v) is 4.51. The lowest BCUT2D eigenvalue weighted by Crippen LogP contribution is -2.21. The third-order valence-corrected chi connectivity index (χ3v) is 2.85. The normalized spacial score (nSPS) is 12.9. The maximum absolute atomic E-state index is 10.0. The lowest BCUT2D eigenvalue weighted by Gasteiger charge is -2.11. The molecule has 0 aliphatic rings. The number of nitrogens with one attached hydrogen (secondary N) is 1. The Hall–Kier alpha value is -1.84. The van der Waals surface area contributed by atoms with Crippen LogP contribution >= 0.6 is 0 Å². The fraction of sp³-hybridized carbons (Fsp3) is 0.250. The Bertz CT molecular complexity index is 517. The first-order valence-electron chi connectivity index (χ1n) is 6.41. The average Bonchev–Trinajstić information content (AvgIpc) is 2.91. The van der Waals surface area contributed by atoms with Crippen molar-refractivity contribution in [2.75, 3.05) is 13.1 Å². The molecule has 0 spiro atoms. The van der Waals surface area contributed by atoms with Crippen molar-refractivity contribution in [1.82, 2.24) is 5.32 Å². The van der Waals surface area contributed by atoms with E-state index in [0.29, 0.717) is 13.1 Å². The molecule has 1 heterocycles. The number of aliphatic hydroxyl groups is 1. The number of furan rings is 1. The molecule has 0 aliphatic heterocycles. The van der Waals surface area contributed by atoms with Gasteiger partial charge in [-0.25, -0.2) is 0 Å². The molecule has 0 saturated carbocycles. The highest BCUT2D eigenvalue weighted by atomic mass is 16.3. The first-order chi connectivity index (χ1) is 9.25. The number of hydrogen-bond donors (Lipinski definition) is 2. The lowest BCUT2D eigenvalue weighted by molar-refractivity contribution is 0.176. The van der Waals surface area contributed by atoms with E-state index in [4.69, 9.17) is 4.42 Å². The highest BCUT2D eigenvalue weighted by Gasteiger charge is 2.05. The molecule has 3 nitrogen and oxygen atoms in total. The van der Waals surface area contributed by atoms with Crippen molar-refractivity contribution in [1.29, 1.82) is 0 Å². The number of rotatable bonds is 6. The van der Waals surface area contributed by atoms with Crippen molar-refractivity contribution in [3.05, 3.63) is 65.6 Å². The van der Waals surface area contributed by atoms with E-state index in [2.05, 4.69) is 5.32 Å². The zero-order chi connectivity index (χ0) is 13.5. The molecule has 2 N–H and O–H groups in total. The maximum atomic E-state index is 10.0. The van der Waals surface area contributed by atoms with Crippen LogP contribution in [0.25, 0.3) is 6.08 Å². The first-order valence-corrected chi connectivity index (χ1v) is 6.41. The molecule has 0 bridgehead atoms. The monoisotopic (exact) mass is 257 g/mol. The summed E-state index contributed by atoms with van der Waals surface area (Å²) in [5.41, 5.74) is 2.11. The van der Waals surface area contributed by atoms with Gasteiger partial charge in [0.05, 0.1) is 12.4 Å². The molecule has 100 valence electrons. The molecule has 1 atom stereocenters. The van der Waals surface area contributed by atoms with Crippen molar-refractivity contribution < 1.29 is 9.52 Å². The van der Waals surface area contributed by atoms with Crippen LogP contribution in [0.5, 0.6) is 0 Å². The topological polar surface area (TPSA) is 45.4 Å². The van der Waals surface area contributed by atoms with Gasteiger partial charge in [-0.3, -0.25) is 0 Å². The third kappa shape index (κ3) is 4.39. The summed E-state index contributed by atoms with van der Waals surface area (Å²) in [6, 6.07) is 11.7. The predicted molar refractivity (Wildman–Crippen MR) is 76.8 cm³/mol. The number of hydrogen-bond acceptors (Lipinski definition) is 3. The van der Waals surface area contributed by atoms with Crippen molar-refractivity contribution >= 4 is 6.08 Å². The fourth-order valence-electron chi connectivity index (χ4n) is 1.86. The minimum Gasteiger partial charge on any atom is -0.465 e. The van der Waals surface area contributed by atoms with Crippen molar-refractivity contribution in [2.45, 2.75) is 13.0 Å². The van der Waals surface area contributed by atoms with Crippen LogP contribution in [0, 0.1) is 6.92 Å². The van der Waals surface area contributed by atoms with Gasteiger partial charge < -0.3 is 14.8 Å². The second-order valence-electron chi connectivity index (χ2n) is 4.51. The Balaban J connectivity index is 1.73. The summed E-state index contributed by atoms with van der Waals surface area (Å²) in [4.78, 5) is 0. The van der Waals surface area contributed by atoms with Crippen LogP contribution < -0.4 is 5.32 Å².